The van der Waals surface area contributed by atoms with Crippen LogP contribution in [0.15, 0.2) is 72.8 Å². The maximum absolute atomic E-state index is 13.9. The van der Waals surface area contributed by atoms with Gasteiger partial charge in [-0.3, -0.25) is 4.79 Å². The second kappa shape index (κ2) is 11.4. The average molecular weight is 534 g/mol. The van der Waals surface area contributed by atoms with Gasteiger partial charge < -0.3 is 20.7 Å². The molecule has 5 nitrogen and oxygen atoms in total. The van der Waals surface area contributed by atoms with Crippen LogP contribution in [0.1, 0.15) is 33.3 Å². The Balaban J connectivity index is 1.32. The lowest BCUT2D eigenvalue weighted by Gasteiger charge is -2.25. The van der Waals surface area contributed by atoms with Gasteiger partial charge in [0.1, 0.15) is 16.5 Å². The zero-order valence-corrected chi connectivity index (χ0v) is 21.7. The molecule has 0 aliphatic rings. The van der Waals surface area contributed by atoms with E-state index in [4.69, 9.17) is 0 Å². The summed E-state index contributed by atoms with van der Waals surface area (Å²) in [6.07, 6.45) is 0.00766. The Morgan fingerprint density at radius 1 is 0.947 bits per heavy atom. The summed E-state index contributed by atoms with van der Waals surface area (Å²) < 4.78 is 27.7. The molecule has 2 heterocycles. The van der Waals surface area contributed by atoms with Gasteiger partial charge in [-0.05, 0) is 53.8 Å². The van der Waals surface area contributed by atoms with E-state index < -0.39 is 23.8 Å². The van der Waals surface area contributed by atoms with Crippen LogP contribution in [0.25, 0.3) is 21.1 Å². The van der Waals surface area contributed by atoms with Crippen LogP contribution in [-0.2, 0) is 19.4 Å². The first-order valence-corrected chi connectivity index (χ1v) is 13.4. The Kier molecular flexibility index (Phi) is 7.83. The number of carbonyl (C=O) groups excluding carboxylic acids is 1. The summed E-state index contributed by atoms with van der Waals surface area (Å²) in [6, 6.07) is 20.4. The van der Waals surface area contributed by atoms with E-state index in [9.17, 15) is 18.7 Å². The molecule has 0 aliphatic carbocycles. The van der Waals surface area contributed by atoms with E-state index >= 15 is 0 Å². The second-order valence-electron chi connectivity index (χ2n) is 9.46. The number of H-pyrrole nitrogens is 1. The van der Waals surface area contributed by atoms with Gasteiger partial charge >= 0.3 is 0 Å². The van der Waals surface area contributed by atoms with Gasteiger partial charge in [-0.1, -0.05) is 49.4 Å². The molecule has 5 aromatic rings. The highest BCUT2D eigenvalue weighted by molar-refractivity contribution is 7.20. The topological polar surface area (TPSA) is 77.2 Å². The molecule has 0 fully saturated rings. The van der Waals surface area contributed by atoms with Crippen molar-refractivity contribution in [3.8, 4) is 0 Å². The summed E-state index contributed by atoms with van der Waals surface area (Å²) in [5.41, 5.74) is 3.66. The summed E-state index contributed by atoms with van der Waals surface area (Å²) in [5, 5.41) is 19.2. The van der Waals surface area contributed by atoms with Crippen molar-refractivity contribution < 1.29 is 18.7 Å². The SMILES string of the molecule is CCc1cccc(CNC[C@@H](O)[C@H](Cc2cc(F)cc(F)c2)NC(=O)c2cc3c([nH]c4ccccc43)s2)c1. The van der Waals surface area contributed by atoms with Crippen molar-refractivity contribution in [1.82, 2.24) is 15.6 Å². The highest BCUT2D eigenvalue weighted by Crippen LogP contribution is 2.32. The lowest BCUT2D eigenvalue weighted by atomic mass is 10.0. The van der Waals surface area contributed by atoms with E-state index in [1.54, 1.807) is 0 Å². The van der Waals surface area contributed by atoms with Crippen LogP contribution < -0.4 is 10.6 Å². The highest BCUT2D eigenvalue weighted by Gasteiger charge is 2.24. The van der Waals surface area contributed by atoms with Gasteiger partial charge in [-0.2, -0.15) is 0 Å². The van der Waals surface area contributed by atoms with Crippen LogP contribution >= 0.6 is 11.3 Å². The number of amides is 1. The number of rotatable bonds is 10. The quantitative estimate of drug-likeness (QED) is 0.186. The van der Waals surface area contributed by atoms with Crippen LogP contribution in [-0.4, -0.2) is 34.7 Å². The van der Waals surface area contributed by atoms with Crippen molar-refractivity contribution in [3.63, 3.8) is 0 Å². The van der Waals surface area contributed by atoms with Crippen molar-refractivity contribution in [1.29, 1.82) is 0 Å². The number of aliphatic hydroxyl groups excluding tert-OH is 1. The molecule has 0 bridgehead atoms. The zero-order chi connectivity index (χ0) is 26.6. The van der Waals surface area contributed by atoms with Gasteiger partial charge in [-0.25, -0.2) is 8.78 Å². The number of aromatic amines is 1. The van der Waals surface area contributed by atoms with Crippen molar-refractivity contribution in [2.75, 3.05) is 6.54 Å². The average Bonchev–Trinajstić information content (AvgIpc) is 3.46. The Labute approximate surface area is 223 Å². The third kappa shape index (κ3) is 5.93. The number of para-hydroxylation sites is 1. The van der Waals surface area contributed by atoms with Gasteiger partial charge in [-0.15, -0.1) is 11.3 Å². The van der Waals surface area contributed by atoms with E-state index in [1.165, 1.54) is 29.0 Å². The predicted molar refractivity (Wildman–Crippen MR) is 149 cm³/mol. The van der Waals surface area contributed by atoms with Gasteiger partial charge in [0, 0.05) is 35.4 Å². The number of aliphatic hydroxyl groups is 1. The fraction of sp³-hybridized carbons (Fsp3) is 0.233. The number of thiophene rings is 1. The predicted octanol–water partition coefficient (Wildman–Crippen LogP) is 5.72. The van der Waals surface area contributed by atoms with E-state index in [-0.39, 0.29) is 18.9 Å². The molecule has 4 N–H and O–H groups in total. The largest absolute Gasteiger partial charge is 0.390 e. The lowest BCUT2D eigenvalue weighted by molar-refractivity contribution is 0.0833. The Bertz CT molecular complexity index is 1560. The molecule has 2 atom stereocenters. The van der Waals surface area contributed by atoms with Crippen LogP contribution in [0.3, 0.4) is 0 Å². The summed E-state index contributed by atoms with van der Waals surface area (Å²) in [7, 11) is 0. The standard InChI is InChI=1S/C30H29F2N3O2S/c1-2-18-6-5-7-19(10-18)16-33-17-27(36)26(13-20-11-21(31)14-22(32)12-20)34-29(37)28-15-24-23-8-3-4-9-25(23)35-30(24)38-28/h3-12,14-15,26-27,33,35-36H,2,13,16-17H2,1H3,(H,34,37)/t26-,27+/m0/s1. The molecule has 0 saturated heterocycles. The first kappa shape index (κ1) is 26.0. The third-order valence-corrected chi connectivity index (χ3v) is 7.71. The first-order valence-electron chi connectivity index (χ1n) is 12.6. The molecular formula is C30H29F2N3O2S. The minimum absolute atomic E-state index is 0.0702. The number of fused-ring (bicyclic) bond motifs is 3. The molecule has 0 saturated carbocycles. The number of nitrogens with one attached hydrogen (secondary N) is 3. The zero-order valence-electron chi connectivity index (χ0n) is 20.9. The van der Waals surface area contributed by atoms with Gasteiger partial charge in [0.25, 0.3) is 5.91 Å². The smallest absolute Gasteiger partial charge is 0.261 e. The molecule has 0 radical (unpaired) electrons. The monoisotopic (exact) mass is 533 g/mol. The minimum Gasteiger partial charge on any atom is -0.390 e. The molecule has 0 spiro atoms. The summed E-state index contributed by atoms with van der Waals surface area (Å²) in [5.74, 6) is -1.75. The summed E-state index contributed by atoms with van der Waals surface area (Å²) in [4.78, 5) is 18.0. The van der Waals surface area contributed by atoms with Crippen LogP contribution in [0.2, 0.25) is 0 Å². The van der Waals surface area contributed by atoms with Gasteiger partial charge in [0.15, 0.2) is 0 Å². The van der Waals surface area contributed by atoms with Crippen molar-refractivity contribution in [2.45, 2.75) is 38.5 Å². The van der Waals surface area contributed by atoms with Crippen molar-refractivity contribution in [3.05, 3.63) is 106 Å². The van der Waals surface area contributed by atoms with E-state index in [0.29, 0.717) is 17.0 Å². The number of benzene rings is 3. The third-order valence-electron chi connectivity index (χ3n) is 6.66. The molecule has 0 unspecified atom stereocenters. The lowest BCUT2D eigenvalue weighted by Crippen LogP contribution is -2.48. The van der Waals surface area contributed by atoms with E-state index in [1.807, 2.05) is 42.5 Å². The fourth-order valence-electron chi connectivity index (χ4n) is 4.72. The summed E-state index contributed by atoms with van der Waals surface area (Å²) in [6.45, 7) is 2.83. The number of hydrogen-bond acceptors (Lipinski definition) is 4. The number of hydrogen-bond donors (Lipinski definition) is 4. The maximum atomic E-state index is 13.9. The van der Waals surface area contributed by atoms with Crippen molar-refractivity contribution >= 4 is 38.4 Å². The number of halogens is 2. The first-order chi connectivity index (χ1) is 18.4. The maximum Gasteiger partial charge on any atom is 0.261 e. The molecule has 0 aliphatic heterocycles. The van der Waals surface area contributed by atoms with Crippen LogP contribution in [0.4, 0.5) is 8.78 Å². The minimum atomic E-state index is -0.995. The molecule has 8 heteroatoms. The molecule has 5 rings (SSSR count). The molecule has 38 heavy (non-hydrogen) atoms. The molecule has 1 amide bonds. The van der Waals surface area contributed by atoms with Crippen LogP contribution in [0.5, 0.6) is 0 Å². The van der Waals surface area contributed by atoms with Gasteiger partial charge in [0.05, 0.1) is 17.0 Å². The fourth-order valence-corrected chi connectivity index (χ4v) is 5.70. The van der Waals surface area contributed by atoms with Crippen molar-refractivity contribution in [2.24, 2.45) is 0 Å². The number of aromatic nitrogens is 1. The summed E-state index contributed by atoms with van der Waals surface area (Å²) >= 11 is 1.33. The molecule has 196 valence electrons. The molecule has 2 aromatic heterocycles. The number of aryl methyl sites for hydroxylation is 1. The van der Waals surface area contributed by atoms with Crippen LogP contribution in [0, 0.1) is 11.6 Å². The van der Waals surface area contributed by atoms with E-state index in [2.05, 4.69) is 34.7 Å². The highest BCUT2D eigenvalue weighted by atomic mass is 32.1. The number of carbonyl (C=O) groups is 1. The van der Waals surface area contributed by atoms with E-state index in [0.717, 1.165) is 39.2 Å². The van der Waals surface area contributed by atoms with Gasteiger partial charge in [0.2, 0.25) is 0 Å². The Hall–Kier alpha value is -3.59. The molecular weight excluding hydrogens is 504 g/mol. The Morgan fingerprint density at radius 3 is 2.50 bits per heavy atom. The molecule has 3 aromatic carbocycles. The second-order valence-corrected chi connectivity index (χ2v) is 10.5. The Morgan fingerprint density at radius 2 is 1.71 bits per heavy atom. The normalized spacial score (nSPS) is 13.2.